The van der Waals surface area contributed by atoms with Crippen molar-refractivity contribution in [1.82, 2.24) is 19.6 Å². The van der Waals surface area contributed by atoms with E-state index in [0.717, 1.165) is 37.1 Å². The molecular formula is C30H30B2Cl2N4O4. The predicted octanol–water partition coefficient (Wildman–Crippen LogP) is 3.71. The van der Waals surface area contributed by atoms with Crippen LogP contribution in [0.1, 0.15) is 35.1 Å². The predicted molar refractivity (Wildman–Crippen MR) is 166 cm³/mol. The Hall–Kier alpha value is -3.21. The summed E-state index contributed by atoms with van der Waals surface area (Å²) in [4.78, 5) is 12.4. The number of aromatic nitrogens is 2. The Labute approximate surface area is 257 Å². The van der Waals surface area contributed by atoms with Crippen molar-refractivity contribution < 1.29 is 19.5 Å². The first-order chi connectivity index (χ1) is 20.3. The van der Waals surface area contributed by atoms with E-state index in [1.807, 2.05) is 33.9 Å². The molecule has 8 nitrogen and oxygen atoms in total. The molecule has 0 unspecified atom stereocenters. The van der Waals surface area contributed by atoms with E-state index in [-0.39, 0.29) is 12.1 Å². The molecule has 42 heavy (non-hydrogen) atoms. The number of rotatable bonds is 8. The molecule has 12 heteroatoms. The first kappa shape index (κ1) is 30.3. The van der Waals surface area contributed by atoms with Gasteiger partial charge in [0, 0.05) is 35.3 Å². The van der Waals surface area contributed by atoms with Gasteiger partial charge in [0.05, 0.1) is 23.5 Å². The van der Waals surface area contributed by atoms with Crippen molar-refractivity contribution >= 4 is 37.3 Å². The Morgan fingerprint density at radius 3 is 1.50 bits per heavy atom. The minimum absolute atomic E-state index is 0.182. The topological polar surface area (TPSA) is 91.2 Å². The minimum atomic E-state index is -0.485. The summed E-state index contributed by atoms with van der Waals surface area (Å²) in [7, 11) is -0.970. The van der Waals surface area contributed by atoms with Gasteiger partial charge in [0.25, 0.3) is 0 Å². The molecule has 2 aliphatic heterocycles. The van der Waals surface area contributed by atoms with E-state index in [1.54, 1.807) is 38.2 Å². The maximum atomic E-state index is 9.78. The highest BCUT2D eigenvalue weighted by molar-refractivity contribution is 6.46. The maximum Gasteiger partial charge on any atom is 0.376 e. The van der Waals surface area contributed by atoms with E-state index < -0.39 is 14.1 Å². The SMILES string of the molecule is CB(O)N1CC[C@H]1COc1cnc(Cl)c(C#Cc2ccc(C#Cc3cc(OC[C@@H]4CCN4B(C)O)cnc3Cl)cc2)c1. The Balaban J connectivity index is 1.19. The number of hydrogen-bond acceptors (Lipinski definition) is 8. The third-order valence-electron chi connectivity index (χ3n) is 7.42. The van der Waals surface area contributed by atoms with Crippen molar-refractivity contribution in [3.8, 4) is 35.2 Å². The maximum absolute atomic E-state index is 9.78. The van der Waals surface area contributed by atoms with Crippen LogP contribution in [0.4, 0.5) is 0 Å². The number of nitrogens with zero attached hydrogens (tertiary/aromatic N) is 4. The lowest BCUT2D eigenvalue weighted by Gasteiger charge is -2.41. The molecule has 4 heterocycles. The molecule has 5 rings (SSSR count). The van der Waals surface area contributed by atoms with Crippen LogP contribution in [-0.2, 0) is 0 Å². The smallest absolute Gasteiger partial charge is 0.376 e. The van der Waals surface area contributed by atoms with Crippen LogP contribution < -0.4 is 9.47 Å². The van der Waals surface area contributed by atoms with Gasteiger partial charge in [-0.1, -0.05) is 46.9 Å². The molecule has 3 aromatic rings. The van der Waals surface area contributed by atoms with Crippen LogP contribution >= 0.6 is 23.2 Å². The van der Waals surface area contributed by atoms with Gasteiger partial charge in [0.2, 0.25) is 0 Å². The molecular weight excluding hydrogens is 573 g/mol. The molecule has 2 aliphatic rings. The normalized spacial score (nSPS) is 18.0. The average Bonchev–Trinajstić information content (AvgIpc) is 2.92. The molecule has 0 saturated carbocycles. The van der Waals surface area contributed by atoms with E-state index in [1.165, 1.54) is 0 Å². The van der Waals surface area contributed by atoms with Crippen LogP contribution in [-0.4, -0.2) is 82.1 Å². The van der Waals surface area contributed by atoms with Crippen molar-refractivity contribution in [2.45, 2.75) is 38.6 Å². The number of benzene rings is 1. The summed E-state index contributed by atoms with van der Waals surface area (Å²) in [6.07, 6.45) is 5.12. The third kappa shape index (κ3) is 7.59. The lowest BCUT2D eigenvalue weighted by molar-refractivity contribution is 0.110. The van der Waals surface area contributed by atoms with Gasteiger partial charge in [0.15, 0.2) is 0 Å². The number of ether oxygens (including phenoxy) is 2. The first-order valence-electron chi connectivity index (χ1n) is 13.8. The summed E-state index contributed by atoms with van der Waals surface area (Å²) in [5, 5.41) is 20.2. The van der Waals surface area contributed by atoms with Gasteiger partial charge in [-0.05, 0) is 63.8 Å². The monoisotopic (exact) mass is 602 g/mol. The zero-order valence-corrected chi connectivity index (χ0v) is 24.9. The van der Waals surface area contributed by atoms with Gasteiger partial charge in [-0.15, -0.1) is 0 Å². The fourth-order valence-electron chi connectivity index (χ4n) is 4.76. The second kappa shape index (κ2) is 13.8. The summed E-state index contributed by atoms with van der Waals surface area (Å²) in [5.41, 5.74) is 2.72. The van der Waals surface area contributed by atoms with Gasteiger partial charge in [-0.25, -0.2) is 9.97 Å². The van der Waals surface area contributed by atoms with Gasteiger partial charge in [-0.3, -0.25) is 0 Å². The molecule has 214 valence electrons. The van der Waals surface area contributed by atoms with Gasteiger partial charge in [0.1, 0.15) is 35.0 Å². The fraction of sp³-hybridized carbons (Fsp3) is 0.333. The lowest BCUT2D eigenvalue weighted by Crippen LogP contribution is -2.57. The molecule has 2 atom stereocenters. The van der Waals surface area contributed by atoms with E-state index in [4.69, 9.17) is 32.7 Å². The Kier molecular flexibility index (Phi) is 9.97. The summed E-state index contributed by atoms with van der Waals surface area (Å²) in [5.74, 6) is 13.5. The number of hydrogen-bond donors (Lipinski definition) is 2. The zero-order valence-electron chi connectivity index (χ0n) is 23.4. The molecule has 0 aliphatic carbocycles. The molecule has 1 aromatic carbocycles. The quantitative estimate of drug-likeness (QED) is 0.229. The number of halogens is 2. The van der Waals surface area contributed by atoms with Crippen molar-refractivity contribution in [2.24, 2.45) is 0 Å². The van der Waals surface area contributed by atoms with Crippen LogP contribution in [0.2, 0.25) is 24.0 Å². The average molecular weight is 603 g/mol. The molecule has 2 N–H and O–H groups in total. The molecule has 2 saturated heterocycles. The second-order valence-electron chi connectivity index (χ2n) is 10.3. The summed E-state index contributed by atoms with van der Waals surface area (Å²) < 4.78 is 11.8. The second-order valence-corrected chi connectivity index (χ2v) is 11.1. The molecule has 2 fully saturated rings. The van der Waals surface area contributed by atoms with Crippen LogP contribution in [0.5, 0.6) is 11.5 Å². The summed E-state index contributed by atoms with van der Waals surface area (Å²) >= 11 is 12.6. The highest BCUT2D eigenvalue weighted by Gasteiger charge is 2.34. The van der Waals surface area contributed by atoms with Crippen LogP contribution in [0.3, 0.4) is 0 Å². The third-order valence-corrected chi connectivity index (χ3v) is 8.02. The Morgan fingerprint density at radius 2 is 1.17 bits per heavy atom. The van der Waals surface area contributed by atoms with E-state index in [0.29, 0.717) is 46.1 Å². The first-order valence-corrected chi connectivity index (χ1v) is 14.6. The minimum Gasteiger partial charge on any atom is -0.490 e. The molecule has 0 amide bonds. The fourth-order valence-corrected chi connectivity index (χ4v) is 5.06. The van der Waals surface area contributed by atoms with Crippen molar-refractivity contribution in [3.63, 3.8) is 0 Å². The van der Waals surface area contributed by atoms with E-state index in [2.05, 4.69) is 33.6 Å². The zero-order chi connectivity index (χ0) is 29.6. The number of pyridine rings is 2. The highest BCUT2D eigenvalue weighted by atomic mass is 35.5. The van der Waals surface area contributed by atoms with Crippen molar-refractivity contribution in [1.29, 1.82) is 0 Å². The standard InChI is InChI=1S/C30H30B2Cl2N4O4/c1-31(39)37-13-11-25(37)19-41-27-15-23(29(33)35-17-27)9-7-21-3-5-22(6-4-21)8-10-24-16-28(18-36-30(24)34)42-20-26-12-14-38(26)32(2)40/h3-6,15-18,25-26,39-40H,11-14,19-20H2,1-2H3/t25-,26-/m0/s1. The van der Waals surface area contributed by atoms with Crippen LogP contribution in [0.15, 0.2) is 48.8 Å². The van der Waals surface area contributed by atoms with Gasteiger partial charge >= 0.3 is 14.1 Å². The van der Waals surface area contributed by atoms with E-state index >= 15 is 0 Å². The summed E-state index contributed by atoms with van der Waals surface area (Å²) in [6, 6.07) is 11.4. The molecule has 0 bridgehead atoms. The largest absolute Gasteiger partial charge is 0.490 e. The van der Waals surface area contributed by atoms with E-state index in [9.17, 15) is 10.0 Å². The van der Waals surface area contributed by atoms with Gasteiger partial charge < -0.3 is 29.1 Å². The molecule has 0 radical (unpaired) electrons. The lowest BCUT2D eigenvalue weighted by atomic mass is 9.78. The molecule has 0 spiro atoms. The van der Waals surface area contributed by atoms with Crippen LogP contribution in [0, 0.1) is 23.7 Å². The summed E-state index contributed by atoms with van der Waals surface area (Å²) in [6.45, 7) is 6.18. The van der Waals surface area contributed by atoms with Crippen molar-refractivity contribution in [3.05, 3.63) is 81.4 Å². The van der Waals surface area contributed by atoms with Gasteiger partial charge in [-0.2, -0.15) is 0 Å². The highest BCUT2D eigenvalue weighted by Crippen LogP contribution is 2.24. The Bertz CT molecular complexity index is 1420. The molecule has 2 aromatic heterocycles. The van der Waals surface area contributed by atoms with Crippen molar-refractivity contribution in [2.75, 3.05) is 26.3 Å². The Morgan fingerprint density at radius 1 is 0.762 bits per heavy atom. The van der Waals surface area contributed by atoms with Crippen LogP contribution in [0.25, 0.3) is 0 Å².